The van der Waals surface area contributed by atoms with Gasteiger partial charge in [0.15, 0.2) is 0 Å². The molecule has 0 saturated heterocycles. The summed E-state index contributed by atoms with van der Waals surface area (Å²) in [6.07, 6.45) is -0.111. The molecule has 1 heterocycles. The van der Waals surface area contributed by atoms with Gasteiger partial charge in [-0.2, -0.15) is 0 Å². The zero-order chi connectivity index (χ0) is 19.6. The van der Waals surface area contributed by atoms with Gasteiger partial charge in [-0.25, -0.2) is 4.79 Å². The van der Waals surface area contributed by atoms with Crippen LogP contribution in [0.25, 0.3) is 11.0 Å². The lowest BCUT2D eigenvalue weighted by Gasteiger charge is -2.13. The molecular formula is C21H19BrO5. The fourth-order valence-electron chi connectivity index (χ4n) is 2.92. The molecule has 1 aromatic heterocycles. The van der Waals surface area contributed by atoms with E-state index >= 15 is 0 Å². The summed E-state index contributed by atoms with van der Waals surface area (Å²) in [7, 11) is 1.29. The van der Waals surface area contributed by atoms with Crippen LogP contribution in [0.2, 0.25) is 0 Å². The number of carbonyl (C=O) groups excluding carboxylic acids is 1. The maximum Gasteiger partial charge on any atom is 0.340 e. The van der Waals surface area contributed by atoms with E-state index in [-0.39, 0.29) is 6.42 Å². The Bertz CT molecular complexity index is 1070. The van der Waals surface area contributed by atoms with Crippen LogP contribution in [0.5, 0.6) is 5.75 Å². The molecule has 0 bridgehead atoms. The van der Waals surface area contributed by atoms with Gasteiger partial charge in [0.25, 0.3) is 0 Å². The maximum absolute atomic E-state index is 12.4. The highest BCUT2D eigenvalue weighted by Crippen LogP contribution is 2.30. The van der Waals surface area contributed by atoms with Crippen molar-refractivity contribution >= 4 is 32.9 Å². The smallest absolute Gasteiger partial charge is 0.340 e. The highest BCUT2D eigenvalue weighted by molar-refractivity contribution is 9.10. The van der Waals surface area contributed by atoms with Crippen molar-refractivity contribution in [3.8, 4) is 5.75 Å². The van der Waals surface area contributed by atoms with Crippen molar-refractivity contribution in [1.29, 1.82) is 0 Å². The lowest BCUT2D eigenvalue weighted by Crippen LogP contribution is -2.16. The van der Waals surface area contributed by atoms with Crippen LogP contribution >= 0.6 is 15.9 Å². The SMILES string of the molecule is COC(=O)Cc1c(C)c2ccc(OCc3ccccc3Br)c(C)c2oc1=O. The highest BCUT2D eigenvalue weighted by Gasteiger charge is 2.17. The average molecular weight is 431 g/mol. The van der Waals surface area contributed by atoms with Gasteiger partial charge in [-0.3, -0.25) is 4.79 Å². The monoisotopic (exact) mass is 430 g/mol. The van der Waals surface area contributed by atoms with E-state index in [0.717, 1.165) is 21.0 Å². The molecule has 0 aliphatic carbocycles. The largest absolute Gasteiger partial charge is 0.488 e. The van der Waals surface area contributed by atoms with Crippen LogP contribution < -0.4 is 10.4 Å². The summed E-state index contributed by atoms with van der Waals surface area (Å²) < 4.78 is 17.1. The van der Waals surface area contributed by atoms with Crippen molar-refractivity contribution < 1.29 is 18.7 Å². The van der Waals surface area contributed by atoms with Gasteiger partial charge in [-0.15, -0.1) is 0 Å². The molecule has 2 aromatic carbocycles. The molecule has 0 N–H and O–H groups in total. The molecule has 3 rings (SSSR count). The second kappa shape index (κ2) is 7.96. The van der Waals surface area contributed by atoms with Gasteiger partial charge in [0.2, 0.25) is 0 Å². The maximum atomic E-state index is 12.4. The summed E-state index contributed by atoms with van der Waals surface area (Å²) in [4.78, 5) is 23.9. The van der Waals surface area contributed by atoms with Crippen molar-refractivity contribution in [3.05, 3.63) is 73.5 Å². The number of esters is 1. The number of hydrogen-bond donors (Lipinski definition) is 0. The van der Waals surface area contributed by atoms with Gasteiger partial charge in [0.05, 0.1) is 19.1 Å². The summed E-state index contributed by atoms with van der Waals surface area (Å²) in [5, 5.41) is 0.777. The van der Waals surface area contributed by atoms with Gasteiger partial charge >= 0.3 is 11.6 Å². The molecule has 0 saturated carbocycles. The molecule has 5 nitrogen and oxygen atoms in total. The third-order valence-electron chi connectivity index (χ3n) is 4.54. The zero-order valence-electron chi connectivity index (χ0n) is 15.3. The number of methoxy groups -OCH3 is 1. The van der Waals surface area contributed by atoms with Crippen molar-refractivity contribution in [2.75, 3.05) is 7.11 Å². The number of benzene rings is 2. The molecule has 3 aromatic rings. The summed E-state index contributed by atoms with van der Waals surface area (Å²) in [6, 6.07) is 11.5. The molecule has 0 fully saturated rings. The summed E-state index contributed by atoms with van der Waals surface area (Å²) in [5.41, 5.74) is 2.72. The molecule has 140 valence electrons. The Hall–Kier alpha value is -2.60. The van der Waals surface area contributed by atoms with Gasteiger partial charge in [-0.1, -0.05) is 34.1 Å². The Morgan fingerprint density at radius 2 is 1.85 bits per heavy atom. The lowest BCUT2D eigenvalue weighted by molar-refractivity contribution is -0.139. The number of halogens is 1. The first kappa shape index (κ1) is 19.2. The Balaban J connectivity index is 1.97. The average Bonchev–Trinajstić information content (AvgIpc) is 2.66. The fraction of sp³-hybridized carbons (Fsp3) is 0.238. The molecule has 0 aliphatic heterocycles. The first-order valence-electron chi connectivity index (χ1n) is 8.41. The Morgan fingerprint density at radius 1 is 1.11 bits per heavy atom. The third-order valence-corrected chi connectivity index (χ3v) is 5.32. The predicted molar refractivity (Wildman–Crippen MR) is 106 cm³/mol. The fourth-order valence-corrected chi connectivity index (χ4v) is 3.32. The second-order valence-corrected chi connectivity index (χ2v) is 7.05. The van der Waals surface area contributed by atoms with E-state index in [2.05, 4.69) is 20.7 Å². The van der Waals surface area contributed by atoms with E-state index in [1.165, 1.54) is 7.11 Å². The van der Waals surface area contributed by atoms with E-state index < -0.39 is 11.6 Å². The van der Waals surface area contributed by atoms with Crippen LogP contribution in [-0.2, 0) is 22.6 Å². The normalized spacial score (nSPS) is 10.8. The number of hydrogen-bond acceptors (Lipinski definition) is 5. The quantitative estimate of drug-likeness (QED) is 0.441. The zero-order valence-corrected chi connectivity index (χ0v) is 16.9. The number of rotatable bonds is 5. The lowest BCUT2D eigenvalue weighted by atomic mass is 10.0. The molecular weight excluding hydrogens is 412 g/mol. The first-order chi connectivity index (χ1) is 12.9. The van der Waals surface area contributed by atoms with E-state index in [1.807, 2.05) is 43.3 Å². The van der Waals surface area contributed by atoms with Gasteiger partial charge in [-0.05, 0) is 37.6 Å². The minimum absolute atomic E-state index is 0.111. The summed E-state index contributed by atoms with van der Waals surface area (Å²) in [6.45, 7) is 4.04. The van der Waals surface area contributed by atoms with E-state index in [0.29, 0.717) is 29.1 Å². The minimum Gasteiger partial charge on any atom is -0.488 e. The van der Waals surface area contributed by atoms with Crippen LogP contribution in [0.4, 0.5) is 0 Å². The van der Waals surface area contributed by atoms with Crippen LogP contribution in [0.15, 0.2) is 50.1 Å². The molecule has 0 aliphatic rings. The molecule has 0 amide bonds. The Labute approximate surface area is 165 Å². The van der Waals surface area contributed by atoms with E-state index in [1.54, 1.807) is 6.92 Å². The van der Waals surface area contributed by atoms with Gasteiger partial charge < -0.3 is 13.9 Å². The number of ether oxygens (including phenoxy) is 2. The standard InChI is InChI=1S/C21H19BrO5/c1-12-15-8-9-18(26-11-14-6-4-5-7-17(14)22)13(2)20(15)27-21(24)16(12)10-19(23)25-3/h4-9H,10-11H2,1-3H3. The molecule has 0 spiro atoms. The summed E-state index contributed by atoms with van der Waals surface area (Å²) >= 11 is 3.50. The van der Waals surface area contributed by atoms with Crippen LogP contribution in [0.1, 0.15) is 22.3 Å². The topological polar surface area (TPSA) is 65.7 Å². The van der Waals surface area contributed by atoms with Crippen molar-refractivity contribution in [1.82, 2.24) is 0 Å². The highest BCUT2D eigenvalue weighted by atomic mass is 79.9. The number of fused-ring (bicyclic) bond motifs is 1. The number of carbonyl (C=O) groups is 1. The summed E-state index contributed by atoms with van der Waals surface area (Å²) in [5.74, 6) is 0.163. The molecule has 6 heteroatoms. The Morgan fingerprint density at radius 3 is 2.56 bits per heavy atom. The predicted octanol–water partition coefficient (Wildman–Crippen LogP) is 4.47. The first-order valence-corrected chi connectivity index (χ1v) is 9.20. The molecule has 0 atom stereocenters. The van der Waals surface area contributed by atoms with Crippen LogP contribution in [0.3, 0.4) is 0 Å². The van der Waals surface area contributed by atoms with E-state index in [4.69, 9.17) is 9.15 Å². The second-order valence-electron chi connectivity index (χ2n) is 6.19. The van der Waals surface area contributed by atoms with Crippen molar-refractivity contribution in [2.24, 2.45) is 0 Å². The van der Waals surface area contributed by atoms with Crippen molar-refractivity contribution in [3.63, 3.8) is 0 Å². The molecule has 0 unspecified atom stereocenters. The molecule has 0 radical (unpaired) electrons. The van der Waals surface area contributed by atoms with Gasteiger partial charge in [0.1, 0.15) is 17.9 Å². The van der Waals surface area contributed by atoms with Gasteiger partial charge in [0, 0.05) is 21.0 Å². The third kappa shape index (κ3) is 3.90. The van der Waals surface area contributed by atoms with E-state index in [9.17, 15) is 9.59 Å². The number of aryl methyl sites for hydroxylation is 2. The van der Waals surface area contributed by atoms with Crippen molar-refractivity contribution in [2.45, 2.75) is 26.9 Å². The van der Waals surface area contributed by atoms with Crippen LogP contribution in [0, 0.1) is 13.8 Å². The Kier molecular flexibility index (Phi) is 5.65. The minimum atomic E-state index is -0.531. The molecule has 27 heavy (non-hydrogen) atoms. The van der Waals surface area contributed by atoms with Crippen LogP contribution in [-0.4, -0.2) is 13.1 Å².